The van der Waals surface area contributed by atoms with E-state index in [1.54, 1.807) is 0 Å². The lowest BCUT2D eigenvalue weighted by Crippen LogP contribution is -2.22. The SMILES string of the molecule is CC.CC.CC.CC[C@@H](N)C1=C(C)CCC=C1.[HH]. The molecule has 0 amide bonds. The van der Waals surface area contributed by atoms with E-state index >= 15 is 0 Å². The van der Waals surface area contributed by atoms with Crippen LogP contribution >= 0.6 is 0 Å². The summed E-state index contributed by atoms with van der Waals surface area (Å²) >= 11 is 0. The average molecular weight is 243 g/mol. The van der Waals surface area contributed by atoms with Gasteiger partial charge in [-0.1, -0.05) is 66.2 Å². The van der Waals surface area contributed by atoms with Crippen molar-refractivity contribution in [1.29, 1.82) is 0 Å². The van der Waals surface area contributed by atoms with E-state index in [-0.39, 0.29) is 7.47 Å². The molecule has 0 saturated heterocycles. The van der Waals surface area contributed by atoms with E-state index in [2.05, 4.69) is 26.0 Å². The fourth-order valence-corrected chi connectivity index (χ4v) is 1.46. The second-order valence-corrected chi connectivity index (χ2v) is 3.19. The highest BCUT2D eigenvalue weighted by atomic mass is 14.6. The van der Waals surface area contributed by atoms with E-state index in [0.717, 1.165) is 6.42 Å². The van der Waals surface area contributed by atoms with Crippen LogP contribution in [0.25, 0.3) is 0 Å². The van der Waals surface area contributed by atoms with Crippen LogP contribution in [0, 0.1) is 0 Å². The molecule has 2 N–H and O–H groups in total. The molecule has 1 aliphatic rings. The molecule has 1 rings (SSSR count). The quantitative estimate of drug-likeness (QED) is 0.660. The molecule has 106 valence electrons. The fourth-order valence-electron chi connectivity index (χ4n) is 1.46. The molecule has 0 saturated carbocycles. The van der Waals surface area contributed by atoms with E-state index < -0.39 is 0 Å². The molecule has 0 aromatic rings. The van der Waals surface area contributed by atoms with Gasteiger partial charge in [-0.3, -0.25) is 0 Å². The highest BCUT2D eigenvalue weighted by Gasteiger charge is 2.09. The van der Waals surface area contributed by atoms with Crippen LogP contribution in [0.1, 0.15) is 76.1 Å². The Hall–Kier alpha value is -0.560. The molecular weight excluding hydrogens is 206 g/mol. The van der Waals surface area contributed by atoms with Gasteiger partial charge in [0, 0.05) is 7.47 Å². The predicted octanol–water partition coefficient (Wildman–Crippen LogP) is 5.71. The minimum atomic E-state index is 0. The average Bonchev–Trinajstić information content (AvgIpc) is 2.45. The van der Waals surface area contributed by atoms with Gasteiger partial charge in [-0.15, -0.1) is 0 Å². The van der Waals surface area contributed by atoms with Crippen LogP contribution in [0.4, 0.5) is 0 Å². The summed E-state index contributed by atoms with van der Waals surface area (Å²) in [6.07, 6.45) is 7.83. The van der Waals surface area contributed by atoms with Crippen molar-refractivity contribution in [2.45, 2.75) is 80.7 Å². The molecule has 1 atom stereocenters. The molecule has 1 aliphatic carbocycles. The van der Waals surface area contributed by atoms with Gasteiger partial charge in [-0.05, 0) is 31.8 Å². The van der Waals surface area contributed by atoms with Gasteiger partial charge in [-0.25, -0.2) is 0 Å². The van der Waals surface area contributed by atoms with Crippen LogP contribution in [0.15, 0.2) is 23.3 Å². The van der Waals surface area contributed by atoms with Crippen LogP contribution < -0.4 is 5.73 Å². The molecular formula is C16H37N. The Morgan fingerprint density at radius 3 is 2.00 bits per heavy atom. The zero-order valence-electron chi connectivity index (χ0n) is 13.4. The molecule has 0 heterocycles. The molecule has 0 fully saturated rings. The van der Waals surface area contributed by atoms with Gasteiger partial charge in [0.1, 0.15) is 0 Å². The zero-order chi connectivity index (χ0) is 14.3. The first-order chi connectivity index (χ1) is 8.25. The van der Waals surface area contributed by atoms with Gasteiger partial charge in [-0.2, -0.15) is 0 Å². The van der Waals surface area contributed by atoms with Crippen molar-refractivity contribution >= 4 is 0 Å². The van der Waals surface area contributed by atoms with E-state index in [1.165, 1.54) is 24.0 Å². The largest absolute Gasteiger partial charge is 0.324 e. The van der Waals surface area contributed by atoms with Gasteiger partial charge in [0.25, 0.3) is 0 Å². The van der Waals surface area contributed by atoms with Gasteiger partial charge in [0.2, 0.25) is 0 Å². The van der Waals surface area contributed by atoms with Crippen molar-refractivity contribution < 1.29 is 1.43 Å². The molecule has 0 aromatic heterocycles. The third kappa shape index (κ3) is 10.3. The Kier molecular flexibility index (Phi) is 22.7. The highest BCUT2D eigenvalue weighted by molar-refractivity contribution is 5.32. The molecule has 0 radical (unpaired) electrons. The van der Waals surface area contributed by atoms with Crippen LogP contribution in [-0.4, -0.2) is 6.04 Å². The molecule has 0 aromatic carbocycles. The fraction of sp³-hybridized carbons (Fsp3) is 0.750. The Balaban J connectivity index is -0.000000123. The van der Waals surface area contributed by atoms with Crippen molar-refractivity contribution in [2.75, 3.05) is 0 Å². The second kappa shape index (κ2) is 17.8. The highest BCUT2D eigenvalue weighted by Crippen LogP contribution is 2.21. The first-order valence-electron chi connectivity index (χ1n) is 7.37. The number of nitrogens with two attached hydrogens (primary N) is 1. The number of rotatable bonds is 2. The van der Waals surface area contributed by atoms with Gasteiger partial charge < -0.3 is 5.73 Å². The summed E-state index contributed by atoms with van der Waals surface area (Å²) in [6.45, 7) is 16.3. The summed E-state index contributed by atoms with van der Waals surface area (Å²) in [5, 5.41) is 0. The van der Waals surface area contributed by atoms with Crippen LogP contribution in [-0.2, 0) is 0 Å². The number of hydrogen-bond acceptors (Lipinski definition) is 1. The molecule has 1 nitrogen and oxygen atoms in total. The normalized spacial score (nSPS) is 14.4. The maximum atomic E-state index is 5.93. The van der Waals surface area contributed by atoms with Gasteiger partial charge in [0.05, 0.1) is 0 Å². The maximum Gasteiger partial charge on any atom is 0.0291 e. The first kappa shape index (κ1) is 21.7. The van der Waals surface area contributed by atoms with Crippen molar-refractivity contribution in [1.82, 2.24) is 0 Å². The number of allylic oxidation sites excluding steroid dienone is 2. The summed E-state index contributed by atoms with van der Waals surface area (Å²) in [4.78, 5) is 0. The molecule has 17 heavy (non-hydrogen) atoms. The topological polar surface area (TPSA) is 26.0 Å². The monoisotopic (exact) mass is 243 g/mol. The van der Waals surface area contributed by atoms with Crippen molar-refractivity contribution in [2.24, 2.45) is 5.73 Å². The molecule has 1 heteroatoms. The summed E-state index contributed by atoms with van der Waals surface area (Å²) in [6, 6.07) is 0.256. The van der Waals surface area contributed by atoms with Crippen LogP contribution in [0.2, 0.25) is 0 Å². The zero-order valence-corrected chi connectivity index (χ0v) is 13.4. The Morgan fingerprint density at radius 1 is 1.18 bits per heavy atom. The van der Waals surface area contributed by atoms with E-state index in [0.29, 0.717) is 0 Å². The van der Waals surface area contributed by atoms with Crippen LogP contribution in [0.5, 0.6) is 0 Å². The third-order valence-corrected chi connectivity index (χ3v) is 2.32. The van der Waals surface area contributed by atoms with Crippen molar-refractivity contribution in [3.05, 3.63) is 23.3 Å². The Morgan fingerprint density at radius 2 is 1.65 bits per heavy atom. The smallest absolute Gasteiger partial charge is 0.0291 e. The molecule has 0 unspecified atom stereocenters. The second-order valence-electron chi connectivity index (χ2n) is 3.19. The summed E-state index contributed by atoms with van der Waals surface area (Å²) in [7, 11) is 0. The van der Waals surface area contributed by atoms with E-state index in [1.807, 2.05) is 41.5 Å². The maximum absolute atomic E-state index is 5.93. The van der Waals surface area contributed by atoms with E-state index in [4.69, 9.17) is 5.73 Å². The lowest BCUT2D eigenvalue weighted by Gasteiger charge is -2.17. The first-order valence-corrected chi connectivity index (χ1v) is 7.37. The minimum Gasteiger partial charge on any atom is -0.324 e. The van der Waals surface area contributed by atoms with E-state index in [9.17, 15) is 0 Å². The lowest BCUT2D eigenvalue weighted by atomic mass is 9.93. The number of hydrogen-bond donors (Lipinski definition) is 1. The Labute approximate surface area is 112 Å². The standard InChI is InChI=1S/C10H17N.3C2H6.H2/c1-3-10(11)9-7-5-4-6-8(9)2;3*1-2;/h5,7,10H,3-4,6,11H2,1-2H3;3*1-2H3;1H/t10-;;;;/m1..../s1. The molecule has 0 bridgehead atoms. The lowest BCUT2D eigenvalue weighted by molar-refractivity contribution is 0.731. The molecule has 0 aliphatic heterocycles. The summed E-state index contributed by atoms with van der Waals surface area (Å²) < 4.78 is 0. The minimum absolute atomic E-state index is 0. The van der Waals surface area contributed by atoms with Gasteiger partial charge >= 0.3 is 0 Å². The van der Waals surface area contributed by atoms with Gasteiger partial charge in [0.15, 0.2) is 0 Å². The summed E-state index contributed by atoms with van der Waals surface area (Å²) in [5.41, 5.74) is 8.76. The Bertz CT molecular complexity index is 195. The van der Waals surface area contributed by atoms with Crippen molar-refractivity contribution in [3.63, 3.8) is 0 Å². The van der Waals surface area contributed by atoms with Crippen LogP contribution in [0.3, 0.4) is 0 Å². The predicted molar refractivity (Wildman–Crippen MR) is 85.5 cm³/mol. The molecule has 0 spiro atoms. The van der Waals surface area contributed by atoms with Crippen molar-refractivity contribution in [3.8, 4) is 0 Å². The summed E-state index contributed by atoms with van der Waals surface area (Å²) in [5.74, 6) is 0. The third-order valence-electron chi connectivity index (χ3n) is 2.32.